The molecule has 2 aliphatic heterocycles. The number of nitrogens with one attached hydrogen (secondary N) is 2. The Morgan fingerprint density at radius 3 is 2.61 bits per heavy atom. The van der Waals surface area contributed by atoms with Gasteiger partial charge in [-0.15, -0.1) is 0 Å². The first kappa shape index (κ1) is 19.8. The van der Waals surface area contributed by atoms with Gasteiger partial charge in [-0.25, -0.2) is 0 Å². The van der Waals surface area contributed by atoms with Crippen LogP contribution in [-0.2, 0) is 14.4 Å². The van der Waals surface area contributed by atoms with E-state index in [2.05, 4.69) is 10.6 Å². The third-order valence-corrected chi connectivity index (χ3v) is 5.09. The van der Waals surface area contributed by atoms with Gasteiger partial charge in [-0.2, -0.15) is 0 Å². The van der Waals surface area contributed by atoms with Gasteiger partial charge < -0.3 is 26.2 Å². The first-order chi connectivity index (χ1) is 13.5. The maximum absolute atomic E-state index is 12.9. The lowest BCUT2D eigenvalue weighted by molar-refractivity contribution is -0.143. The lowest BCUT2D eigenvalue weighted by Gasteiger charge is -2.41. The average molecular weight is 387 g/mol. The van der Waals surface area contributed by atoms with Crippen LogP contribution in [-0.4, -0.2) is 78.2 Å². The zero-order valence-corrected chi connectivity index (χ0v) is 15.6. The molecule has 9 heteroatoms. The van der Waals surface area contributed by atoms with Crippen molar-refractivity contribution in [1.29, 1.82) is 0 Å². The van der Waals surface area contributed by atoms with Gasteiger partial charge in [0.2, 0.25) is 17.7 Å². The molecule has 3 rings (SSSR count). The van der Waals surface area contributed by atoms with Crippen molar-refractivity contribution in [1.82, 2.24) is 20.4 Å². The monoisotopic (exact) mass is 387 g/mol. The maximum atomic E-state index is 12.9. The van der Waals surface area contributed by atoms with Gasteiger partial charge in [0, 0.05) is 25.2 Å². The fourth-order valence-electron chi connectivity index (χ4n) is 3.55. The van der Waals surface area contributed by atoms with Gasteiger partial charge in [-0.3, -0.25) is 19.2 Å². The van der Waals surface area contributed by atoms with Crippen LogP contribution in [0.1, 0.15) is 23.2 Å². The topological polar surface area (TPSA) is 125 Å². The Labute approximate surface area is 163 Å². The quantitative estimate of drug-likeness (QED) is 0.592. The smallest absolute Gasteiger partial charge is 0.253 e. The van der Waals surface area contributed by atoms with E-state index in [4.69, 9.17) is 5.73 Å². The lowest BCUT2D eigenvalue weighted by atomic mass is 10.0. The number of carbonyl (C=O) groups is 4. The molecule has 2 fully saturated rings. The number of nitrogens with two attached hydrogens (primary N) is 1. The van der Waals surface area contributed by atoms with E-state index in [0.29, 0.717) is 25.1 Å². The van der Waals surface area contributed by atoms with Gasteiger partial charge in [0.15, 0.2) is 0 Å². The summed E-state index contributed by atoms with van der Waals surface area (Å²) in [5, 5.41) is 5.44. The molecule has 4 N–H and O–H groups in total. The molecular formula is C19H25N5O4. The SMILES string of the molecule is NCC(=O)N1CCN(C(=O)c2ccccc2)C[C@H]1C(=O)N[C@H]1CCCNC1=O. The normalized spacial score (nSPS) is 22.4. The number of rotatable bonds is 4. The molecule has 2 saturated heterocycles. The largest absolute Gasteiger partial charge is 0.354 e. The standard InChI is InChI=1S/C19H25N5O4/c20-11-16(25)24-10-9-23(19(28)13-5-2-1-3-6-13)12-15(24)18(27)22-14-7-4-8-21-17(14)26/h1-3,5-6,14-15H,4,7-12,20H2,(H,21,26)(H,22,27)/t14-,15-/m0/s1. The Morgan fingerprint density at radius 2 is 1.93 bits per heavy atom. The van der Waals surface area contributed by atoms with Gasteiger partial charge in [0.25, 0.3) is 5.91 Å². The summed E-state index contributed by atoms with van der Waals surface area (Å²) in [6.45, 7) is 0.947. The highest BCUT2D eigenvalue weighted by Gasteiger charge is 2.38. The number of nitrogens with zero attached hydrogens (tertiary/aromatic N) is 2. The number of benzene rings is 1. The maximum Gasteiger partial charge on any atom is 0.253 e. The summed E-state index contributed by atoms with van der Waals surface area (Å²) in [6, 6.07) is 7.27. The van der Waals surface area contributed by atoms with Crippen LogP contribution in [0.5, 0.6) is 0 Å². The molecule has 0 bridgehead atoms. The van der Waals surface area contributed by atoms with Crippen LogP contribution in [0.2, 0.25) is 0 Å². The van der Waals surface area contributed by atoms with Crippen molar-refractivity contribution >= 4 is 23.6 Å². The number of carbonyl (C=O) groups excluding carboxylic acids is 4. The van der Waals surface area contributed by atoms with E-state index in [0.717, 1.165) is 6.42 Å². The Morgan fingerprint density at radius 1 is 1.18 bits per heavy atom. The van der Waals surface area contributed by atoms with Gasteiger partial charge in [-0.05, 0) is 25.0 Å². The zero-order valence-electron chi connectivity index (χ0n) is 15.6. The van der Waals surface area contributed by atoms with Crippen LogP contribution in [0.3, 0.4) is 0 Å². The third-order valence-electron chi connectivity index (χ3n) is 5.09. The summed E-state index contributed by atoms with van der Waals surface area (Å²) >= 11 is 0. The molecule has 150 valence electrons. The molecule has 28 heavy (non-hydrogen) atoms. The van der Waals surface area contributed by atoms with Crippen LogP contribution < -0.4 is 16.4 Å². The Hall–Kier alpha value is -2.94. The van der Waals surface area contributed by atoms with E-state index >= 15 is 0 Å². The highest BCUT2D eigenvalue weighted by atomic mass is 16.2. The lowest BCUT2D eigenvalue weighted by Crippen LogP contribution is -2.64. The molecule has 4 amide bonds. The predicted octanol–water partition coefficient (Wildman–Crippen LogP) is -1.31. The summed E-state index contributed by atoms with van der Waals surface area (Å²) in [4.78, 5) is 52.8. The van der Waals surface area contributed by atoms with E-state index in [9.17, 15) is 19.2 Å². The zero-order chi connectivity index (χ0) is 20.1. The van der Waals surface area contributed by atoms with Gasteiger partial charge in [0.05, 0.1) is 13.1 Å². The van der Waals surface area contributed by atoms with Crippen LogP contribution in [0.25, 0.3) is 0 Å². The highest BCUT2D eigenvalue weighted by Crippen LogP contribution is 2.15. The second-order valence-corrected chi connectivity index (χ2v) is 6.92. The van der Waals surface area contributed by atoms with Crippen molar-refractivity contribution in [2.24, 2.45) is 5.73 Å². The molecular weight excluding hydrogens is 362 g/mol. The van der Waals surface area contributed by atoms with E-state index in [1.165, 1.54) is 4.90 Å². The molecule has 0 radical (unpaired) electrons. The summed E-state index contributed by atoms with van der Waals surface area (Å²) in [7, 11) is 0. The summed E-state index contributed by atoms with van der Waals surface area (Å²) in [5.74, 6) is -1.24. The molecule has 2 heterocycles. The summed E-state index contributed by atoms with van der Waals surface area (Å²) < 4.78 is 0. The van der Waals surface area contributed by atoms with E-state index in [1.54, 1.807) is 29.2 Å². The molecule has 9 nitrogen and oxygen atoms in total. The van der Waals surface area contributed by atoms with E-state index in [1.807, 2.05) is 6.07 Å². The third kappa shape index (κ3) is 4.30. The molecule has 0 aliphatic carbocycles. The molecule has 0 spiro atoms. The Kier molecular flexibility index (Phi) is 6.25. The second-order valence-electron chi connectivity index (χ2n) is 6.92. The van der Waals surface area contributed by atoms with Crippen LogP contribution in [0.4, 0.5) is 0 Å². The molecule has 0 saturated carbocycles. The minimum Gasteiger partial charge on any atom is -0.354 e. The summed E-state index contributed by atoms with van der Waals surface area (Å²) in [6.07, 6.45) is 1.31. The summed E-state index contributed by atoms with van der Waals surface area (Å²) in [5.41, 5.74) is 6.01. The molecule has 2 aliphatic rings. The first-order valence-electron chi connectivity index (χ1n) is 9.43. The Balaban J connectivity index is 1.74. The molecule has 1 aromatic rings. The number of hydrogen-bond acceptors (Lipinski definition) is 5. The minimum absolute atomic E-state index is 0.0552. The molecule has 2 atom stereocenters. The Bertz CT molecular complexity index is 754. The van der Waals surface area contributed by atoms with Crippen LogP contribution in [0, 0.1) is 0 Å². The van der Waals surface area contributed by atoms with Gasteiger partial charge >= 0.3 is 0 Å². The fourth-order valence-corrected chi connectivity index (χ4v) is 3.55. The van der Waals surface area contributed by atoms with Gasteiger partial charge in [0.1, 0.15) is 12.1 Å². The first-order valence-corrected chi connectivity index (χ1v) is 9.43. The number of hydrogen-bond donors (Lipinski definition) is 3. The average Bonchev–Trinajstić information content (AvgIpc) is 2.74. The number of piperidine rings is 1. The molecule has 0 unspecified atom stereocenters. The van der Waals surface area contributed by atoms with Crippen LogP contribution in [0.15, 0.2) is 30.3 Å². The molecule has 1 aromatic carbocycles. The second kappa shape index (κ2) is 8.83. The molecule has 0 aromatic heterocycles. The number of piperazine rings is 1. The van der Waals surface area contributed by atoms with E-state index < -0.39 is 18.0 Å². The van der Waals surface area contributed by atoms with Crippen LogP contribution >= 0.6 is 0 Å². The minimum atomic E-state index is -0.882. The van der Waals surface area contributed by atoms with Crippen molar-refractivity contribution in [3.63, 3.8) is 0 Å². The number of amides is 4. The van der Waals surface area contributed by atoms with Gasteiger partial charge in [-0.1, -0.05) is 18.2 Å². The van der Waals surface area contributed by atoms with E-state index in [-0.39, 0.29) is 37.4 Å². The van der Waals surface area contributed by atoms with Crippen molar-refractivity contribution in [3.8, 4) is 0 Å². The van der Waals surface area contributed by atoms with Crippen molar-refractivity contribution in [2.45, 2.75) is 24.9 Å². The van der Waals surface area contributed by atoms with Crippen molar-refractivity contribution < 1.29 is 19.2 Å². The van der Waals surface area contributed by atoms with Crippen molar-refractivity contribution in [3.05, 3.63) is 35.9 Å². The predicted molar refractivity (Wildman–Crippen MR) is 101 cm³/mol. The highest BCUT2D eigenvalue weighted by molar-refractivity contribution is 5.96. The van der Waals surface area contributed by atoms with Crippen molar-refractivity contribution in [2.75, 3.05) is 32.7 Å². The fraction of sp³-hybridized carbons (Fsp3) is 0.474.